The Kier molecular flexibility index (Phi) is 16.2. The molecule has 0 spiro atoms. The second-order valence-electron chi connectivity index (χ2n) is 13.5. The molecule has 0 radical (unpaired) electrons. The monoisotopic (exact) mass is 686 g/mol. The van der Waals surface area contributed by atoms with Crippen LogP contribution in [0.2, 0.25) is 0 Å². The van der Waals surface area contributed by atoms with Crippen LogP contribution in [-0.4, -0.2) is 147 Å². The Morgan fingerprint density at radius 1 is 0.708 bits per heavy atom. The predicted molar refractivity (Wildman–Crippen MR) is 178 cm³/mol. The van der Waals surface area contributed by atoms with Crippen LogP contribution in [0.1, 0.15) is 59.8 Å². The molecular weight excluding hydrogens is 628 g/mol. The van der Waals surface area contributed by atoms with Gasteiger partial charge in [-0.05, 0) is 65.9 Å². The summed E-state index contributed by atoms with van der Waals surface area (Å²) >= 11 is 0. The van der Waals surface area contributed by atoms with Gasteiger partial charge in [-0.25, -0.2) is 0 Å². The van der Waals surface area contributed by atoms with Crippen molar-refractivity contribution in [3.8, 4) is 0 Å². The highest BCUT2D eigenvalue weighted by molar-refractivity contribution is 5.72. The topological polar surface area (TPSA) is 269 Å². The summed E-state index contributed by atoms with van der Waals surface area (Å²) in [6.07, 6.45) is -3.36. The SMILES string of the molecule is CC(C)=CCC/C(C)=C/CC/C(C)=C/C=N/C1C(O)C(CO)OC(OC2C(N)CC(N)C(OC3OC(CO)C(O)C(O)C3N)C2O)C1O. The Morgan fingerprint density at radius 3 is 1.85 bits per heavy atom. The molecule has 0 bridgehead atoms. The van der Waals surface area contributed by atoms with Gasteiger partial charge in [0.15, 0.2) is 12.6 Å². The number of aliphatic imine (C=N–C) groups is 1. The van der Waals surface area contributed by atoms with Crippen LogP contribution < -0.4 is 17.2 Å². The van der Waals surface area contributed by atoms with Gasteiger partial charge in [0, 0.05) is 18.3 Å². The summed E-state index contributed by atoms with van der Waals surface area (Å²) < 4.78 is 23.1. The lowest BCUT2D eigenvalue weighted by Gasteiger charge is -2.48. The van der Waals surface area contributed by atoms with Crippen LogP contribution in [0.4, 0.5) is 0 Å². The third kappa shape index (κ3) is 10.7. The van der Waals surface area contributed by atoms with E-state index >= 15 is 0 Å². The number of nitrogens with two attached hydrogens (primary N) is 3. The van der Waals surface area contributed by atoms with Gasteiger partial charge in [-0.1, -0.05) is 28.9 Å². The molecular formula is C33H58N4O11. The molecule has 0 aromatic carbocycles. The van der Waals surface area contributed by atoms with Gasteiger partial charge < -0.3 is 71.9 Å². The summed E-state index contributed by atoms with van der Waals surface area (Å²) in [7, 11) is 0. The van der Waals surface area contributed by atoms with E-state index < -0.39 is 105 Å². The Balaban J connectivity index is 1.67. The van der Waals surface area contributed by atoms with Crippen LogP contribution in [0.3, 0.4) is 0 Å². The number of aliphatic hydroxyl groups excluding tert-OH is 7. The van der Waals surface area contributed by atoms with Crippen molar-refractivity contribution in [2.24, 2.45) is 22.2 Å². The van der Waals surface area contributed by atoms with Gasteiger partial charge in [-0.3, -0.25) is 4.99 Å². The average Bonchev–Trinajstić information content (AvgIpc) is 3.03. The summed E-state index contributed by atoms with van der Waals surface area (Å²) in [6, 6.07) is -4.05. The van der Waals surface area contributed by atoms with Crippen molar-refractivity contribution >= 4 is 6.21 Å². The molecule has 15 nitrogen and oxygen atoms in total. The maximum absolute atomic E-state index is 11.3. The summed E-state index contributed by atoms with van der Waals surface area (Å²) in [4.78, 5) is 4.38. The Hall–Kier alpha value is -1.67. The van der Waals surface area contributed by atoms with Crippen LogP contribution >= 0.6 is 0 Å². The van der Waals surface area contributed by atoms with Gasteiger partial charge >= 0.3 is 0 Å². The van der Waals surface area contributed by atoms with Gasteiger partial charge in [0.05, 0.1) is 19.3 Å². The maximum atomic E-state index is 11.3. The number of allylic oxidation sites excluding steroid dienone is 6. The summed E-state index contributed by atoms with van der Waals surface area (Å²) in [6.45, 7) is 7.04. The van der Waals surface area contributed by atoms with Gasteiger partial charge in [0.1, 0.15) is 61.0 Å². The maximum Gasteiger partial charge on any atom is 0.186 e. The zero-order valence-electron chi connectivity index (χ0n) is 28.4. The van der Waals surface area contributed by atoms with Gasteiger partial charge in [0.2, 0.25) is 0 Å². The minimum atomic E-state index is -1.51. The Bertz CT molecular complexity index is 1120. The third-order valence-electron chi connectivity index (χ3n) is 9.16. The summed E-state index contributed by atoms with van der Waals surface area (Å²) in [5.41, 5.74) is 22.2. The van der Waals surface area contributed by atoms with Crippen LogP contribution in [-0.2, 0) is 18.9 Å². The minimum Gasteiger partial charge on any atom is -0.394 e. The van der Waals surface area contributed by atoms with Crippen molar-refractivity contribution in [3.63, 3.8) is 0 Å². The molecule has 48 heavy (non-hydrogen) atoms. The molecule has 15 atom stereocenters. The number of nitrogens with zero attached hydrogens (tertiary/aromatic N) is 1. The zero-order chi connectivity index (χ0) is 35.7. The zero-order valence-corrected chi connectivity index (χ0v) is 28.4. The molecule has 3 aliphatic rings. The van der Waals surface area contributed by atoms with Crippen molar-refractivity contribution in [2.75, 3.05) is 13.2 Å². The van der Waals surface area contributed by atoms with E-state index in [-0.39, 0.29) is 6.42 Å². The first-order valence-electron chi connectivity index (χ1n) is 16.7. The minimum absolute atomic E-state index is 0.0909. The van der Waals surface area contributed by atoms with Crippen molar-refractivity contribution < 1.29 is 54.7 Å². The molecule has 0 aromatic heterocycles. The second-order valence-corrected chi connectivity index (χ2v) is 13.5. The lowest BCUT2D eigenvalue weighted by atomic mass is 9.84. The van der Waals surface area contributed by atoms with Crippen LogP contribution in [0, 0.1) is 0 Å². The van der Waals surface area contributed by atoms with Crippen molar-refractivity contribution in [1.29, 1.82) is 0 Å². The average molecular weight is 687 g/mol. The predicted octanol–water partition coefficient (Wildman–Crippen LogP) is -1.76. The lowest BCUT2D eigenvalue weighted by Crippen LogP contribution is -2.68. The molecule has 1 aliphatic carbocycles. The van der Waals surface area contributed by atoms with E-state index in [9.17, 15) is 35.7 Å². The third-order valence-corrected chi connectivity index (χ3v) is 9.16. The van der Waals surface area contributed by atoms with Crippen LogP contribution in [0.25, 0.3) is 0 Å². The van der Waals surface area contributed by atoms with E-state index in [0.29, 0.717) is 0 Å². The number of hydrogen-bond donors (Lipinski definition) is 10. The second kappa shape index (κ2) is 19.1. The first kappa shape index (κ1) is 40.8. The van der Waals surface area contributed by atoms with Crippen molar-refractivity contribution in [1.82, 2.24) is 0 Å². The highest BCUT2D eigenvalue weighted by Crippen LogP contribution is 2.32. The van der Waals surface area contributed by atoms with E-state index in [2.05, 4.69) is 37.9 Å². The smallest absolute Gasteiger partial charge is 0.186 e. The lowest BCUT2D eigenvalue weighted by molar-refractivity contribution is -0.320. The molecule has 0 amide bonds. The van der Waals surface area contributed by atoms with E-state index in [0.717, 1.165) is 31.3 Å². The summed E-state index contributed by atoms with van der Waals surface area (Å²) in [5.74, 6) is 0. The highest BCUT2D eigenvalue weighted by Gasteiger charge is 2.51. The van der Waals surface area contributed by atoms with Gasteiger partial charge in [0.25, 0.3) is 0 Å². The fourth-order valence-corrected chi connectivity index (χ4v) is 6.12. The van der Waals surface area contributed by atoms with Crippen LogP contribution in [0.15, 0.2) is 39.9 Å². The molecule has 15 heteroatoms. The molecule has 276 valence electrons. The van der Waals surface area contributed by atoms with E-state index in [1.807, 2.05) is 6.92 Å². The molecule has 2 heterocycles. The van der Waals surface area contributed by atoms with Crippen molar-refractivity contribution in [3.05, 3.63) is 34.9 Å². The number of aliphatic hydroxyl groups is 7. The molecule has 3 fully saturated rings. The van der Waals surface area contributed by atoms with Gasteiger partial charge in [-0.2, -0.15) is 0 Å². The molecule has 15 unspecified atom stereocenters. The highest BCUT2D eigenvalue weighted by atomic mass is 16.7. The molecule has 13 N–H and O–H groups in total. The molecule has 3 rings (SSSR count). The number of rotatable bonds is 14. The fourth-order valence-electron chi connectivity index (χ4n) is 6.12. The van der Waals surface area contributed by atoms with Gasteiger partial charge in [-0.15, -0.1) is 0 Å². The van der Waals surface area contributed by atoms with Crippen molar-refractivity contribution in [2.45, 2.75) is 151 Å². The van der Waals surface area contributed by atoms with Crippen LogP contribution in [0.5, 0.6) is 0 Å². The number of hydrogen-bond acceptors (Lipinski definition) is 15. The quantitative estimate of drug-likeness (QED) is 0.0717. The number of ether oxygens (including phenoxy) is 4. The van der Waals surface area contributed by atoms with E-state index in [4.69, 9.17) is 36.1 Å². The van der Waals surface area contributed by atoms with E-state index in [1.54, 1.807) is 6.08 Å². The van der Waals surface area contributed by atoms with E-state index in [1.165, 1.54) is 17.4 Å². The Labute approximate surface area is 282 Å². The summed E-state index contributed by atoms with van der Waals surface area (Å²) in [5, 5.41) is 73.2. The first-order valence-corrected chi connectivity index (χ1v) is 16.7. The Morgan fingerprint density at radius 2 is 1.25 bits per heavy atom. The first-order chi connectivity index (χ1) is 22.7. The normalized spacial score (nSPS) is 41.5. The largest absolute Gasteiger partial charge is 0.394 e. The molecule has 2 saturated heterocycles. The molecule has 2 aliphatic heterocycles. The molecule has 1 saturated carbocycles. The molecule has 0 aromatic rings. The fraction of sp³-hybridized carbons (Fsp3) is 0.788. The standard InChI is InChI=1S/C33H58N4O11/c1-16(2)7-5-8-17(3)9-6-10-18(4)11-12-37-24-25(40)21(14-38)46-33(28(24)43)48-31-20(35)13-19(34)30(29(31)44)47-32-23(36)27(42)26(41)22(15-39)45-32/h7,9,11-12,19-33,38-44H,5-6,8,10,13-15,34-36H2,1-4H3/b17-9+,18-11+,37-12+.